The maximum Gasteiger partial charge on any atom is 0.162 e. The molecule has 0 unspecified atom stereocenters. The van der Waals surface area contributed by atoms with E-state index in [-0.39, 0.29) is 22.5 Å². The Morgan fingerprint density at radius 2 is 1.44 bits per heavy atom. The van der Waals surface area contributed by atoms with Crippen LogP contribution in [0.3, 0.4) is 0 Å². The summed E-state index contributed by atoms with van der Waals surface area (Å²) in [5.74, 6) is 1.55. The third-order valence-corrected chi connectivity index (χ3v) is 6.98. The highest BCUT2D eigenvalue weighted by molar-refractivity contribution is 6.01. The molecule has 0 radical (unpaired) electrons. The van der Waals surface area contributed by atoms with Crippen LogP contribution in [0.5, 0.6) is 17.2 Å². The number of anilines is 1. The topological polar surface area (TPSA) is 67.8 Å². The van der Waals surface area contributed by atoms with Gasteiger partial charge in [0.25, 0.3) is 0 Å². The molecule has 1 atom stereocenters. The van der Waals surface area contributed by atoms with E-state index in [9.17, 15) is 9.90 Å². The van der Waals surface area contributed by atoms with Gasteiger partial charge >= 0.3 is 0 Å². The van der Waals surface area contributed by atoms with E-state index in [1.807, 2.05) is 12.1 Å². The number of hydrogen-bond donors (Lipinski definition) is 2. The summed E-state index contributed by atoms with van der Waals surface area (Å²) >= 11 is 0. The van der Waals surface area contributed by atoms with E-state index in [1.165, 1.54) is 0 Å². The highest BCUT2D eigenvalue weighted by Crippen LogP contribution is 2.50. The van der Waals surface area contributed by atoms with Gasteiger partial charge in [-0.05, 0) is 52.0 Å². The second-order valence-electron chi connectivity index (χ2n) is 11.5. The Morgan fingerprint density at radius 1 is 0.882 bits per heavy atom. The van der Waals surface area contributed by atoms with Gasteiger partial charge in [0.15, 0.2) is 17.3 Å². The average molecular weight is 464 g/mol. The van der Waals surface area contributed by atoms with Gasteiger partial charge in [-0.1, -0.05) is 53.7 Å². The van der Waals surface area contributed by atoms with Crippen molar-refractivity contribution in [1.82, 2.24) is 0 Å². The molecule has 0 spiro atoms. The number of benzene rings is 2. The molecule has 4 rings (SSSR count). The predicted octanol–water partition coefficient (Wildman–Crippen LogP) is 6.57. The molecule has 2 aromatic carbocycles. The molecule has 1 aliphatic heterocycles. The van der Waals surface area contributed by atoms with Gasteiger partial charge in [0.1, 0.15) is 5.75 Å². The first-order valence-electron chi connectivity index (χ1n) is 12.0. The molecule has 0 bridgehead atoms. The number of carbonyl (C=O) groups is 1. The van der Waals surface area contributed by atoms with Gasteiger partial charge in [0.2, 0.25) is 0 Å². The van der Waals surface area contributed by atoms with Crippen LogP contribution in [0.4, 0.5) is 5.69 Å². The number of methoxy groups -OCH3 is 2. The summed E-state index contributed by atoms with van der Waals surface area (Å²) in [4.78, 5) is 13.3. The Morgan fingerprint density at radius 3 is 1.97 bits per heavy atom. The number of phenols is 1. The molecule has 34 heavy (non-hydrogen) atoms. The van der Waals surface area contributed by atoms with Gasteiger partial charge in [-0.3, -0.25) is 4.79 Å². The quantitative estimate of drug-likeness (QED) is 0.539. The fourth-order valence-electron chi connectivity index (χ4n) is 5.20. The summed E-state index contributed by atoms with van der Waals surface area (Å²) in [5, 5.41) is 14.8. The Kier molecular flexibility index (Phi) is 5.95. The van der Waals surface area contributed by atoms with Crippen molar-refractivity contribution in [3.63, 3.8) is 0 Å². The average Bonchev–Trinajstić information content (AvgIpc) is 2.75. The number of fused-ring (bicyclic) bond motifs is 1. The largest absolute Gasteiger partial charge is 0.507 e. The van der Waals surface area contributed by atoms with Gasteiger partial charge in [0, 0.05) is 35.4 Å². The highest BCUT2D eigenvalue weighted by atomic mass is 16.5. The number of carbonyl (C=O) groups excluding carboxylic acids is 1. The lowest BCUT2D eigenvalue weighted by atomic mass is 9.71. The van der Waals surface area contributed by atoms with E-state index in [2.05, 4.69) is 59.0 Å². The van der Waals surface area contributed by atoms with Crippen LogP contribution in [0.25, 0.3) is 0 Å². The molecular weight excluding hydrogens is 426 g/mol. The summed E-state index contributed by atoms with van der Waals surface area (Å²) in [6.07, 6.45) is 2.23. The zero-order chi connectivity index (χ0) is 25.0. The first-order chi connectivity index (χ1) is 15.9. The number of ketones is 1. The van der Waals surface area contributed by atoms with Gasteiger partial charge in [-0.25, -0.2) is 0 Å². The molecule has 2 aliphatic rings. The van der Waals surface area contributed by atoms with Crippen LogP contribution < -0.4 is 14.8 Å². The number of phenolic OH excluding ortho intramolecular Hbond substituents is 1. The normalized spacial score (nSPS) is 18.2. The zero-order valence-electron chi connectivity index (χ0n) is 21.7. The van der Waals surface area contributed by atoms with Gasteiger partial charge in [-0.15, -0.1) is 0 Å². The summed E-state index contributed by atoms with van der Waals surface area (Å²) in [6.45, 7) is 12.7. The van der Waals surface area contributed by atoms with Gasteiger partial charge in [-0.2, -0.15) is 0 Å². The molecule has 5 nitrogen and oxygen atoms in total. The summed E-state index contributed by atoms with van der Waals surface area (Å²) < 4.78 is 11.2. The number of Topliss-reactive ketones (excluding diaryl/α,β-unsaturated/α-hetero) is 1. The maximum absolute atomic E-state index is 13.3. The van der Waals surface area contributed by atoms with E-state index in [0.29, 0.717) is 23.7 Å². The molecular formula is C29H37NO4. The van der Waals surface area contributed by atoms with Crippen molar-refractivity contribution >= 4 is 11.5 Å². The van der Waals surface area contributed by atoms with Crippen molar-refractivity contribution in [2.24, 2.45) is 0 Å². The van der Waals surface area contributed by atoms with E-state index in [1.54, 1.807) is 14.2 Å². The minimum Gasteiger partial charge on any atom is -0.507 e. The smallest absolute Gasteiger partial charge is 0.162 e. The van der Waals surface area contributed by atoms with Crippen LogP contribution in [0.2, 0.25) is 0 Å². The highest BCUT2D eigenvalue weighted by Gasteiger charge is 2.38. The molecule has 182 valence electrons. The standard InChI is InChI=1S/C29H37NO4/c1-28(2,3)18-12-16(13-19(27(18)32)29(4,5)6)25-17-14-23(33-7)24(34-8)15-21(17)30-20-10-9-11-22(31)26(20)25/h12-15,25,30,32H,9-11H2,1-8H3/t25-/m1/s1. The monoisotopic (exact) mass is 463 g/mol. The minimum absolute atomic E-state index is 0.182. The van der Waals surface area contributed by atoms with Crippen LogP contribution >= 0.6 is 0 Å². The molecule has 0 fully saturated rings. The number of allylic oxidation sites excluding steroid dienone is 2. The summed E-state index contributed by atoms with van der Waals surface area (Å²) in [7, 11) is 3.26. The molecule has 5 heteroatoms. The van der Waals surface area contributed by atoms with Crippen LogP contribution in [0.1, 0.15) is 89.0 Å². The Bertz CT molecular complexity index is 1140. The molecule has 1 aliphatic carbocycles. The third-order valence-electron chi connectivity index (χ3n) is 6.98. The Hall–Kier alpha value is -2.95. The number of hydrogen-bond acceptors (Lipinski definition) is 5. The minimum atomic E-state index is -0.263. The summed E-state index contributed by atoms with van der Waals surface area (Å²) in [5.41, 5.74) is 6.01. The van der Waals surface area contributed by atoms with E-state index >= 15 is 0 Å². The van der Waals surface area contributed by atoms with E-state index in [0.717, 1.165) is 52.1 Å². The van der Waals surface area contributed by atoms with Crippen molar-refractivity contribution in [1.29, 1.82) is 0 Å². The third kappa shape index (κ3) is 4.06. The number of ether oxygens (including phenoxy) is 2. The first-order valence-corrected chi connectivity index (χ1v) is 12.0. The SMILES string of the molecule is COc1cc2c(cc1OC)[C@@H](c1cc(C(C)(C)C)c(O)c(C(C)(C)C)c1)C1=C(CCCC1=O)N2. The first kappa shape index (κ1) is 24.2. The molecule has 0 amide bonds. The van der Waals surface area contributed by atoms with Crippen molar-refractivity contribution in [3.05, 3.63) is 57.8 Å². The Balaban J connectivity index is 2.06. The number of nitrogens with one attached hydrogen (secondary N) is 1. The van der Waals surface area contributed by atoms with Crippen molar-refractivity contribution in [2.75, 3.05) is 19.5 Å². The molecule has 1 heterocycles. The van der Waals surface area contributed by atoms with Crippen molar-refractivity contribution in [2.45, 2.75) is 77.6 Å². The van der Waals surface area contributed by atoms with Gasteiger partial charge in [0.05, 0.1) is 14.2 Å². The fourth-order valence-corrected chi connectivity index (χ4v) is 5.20. The van der Waals surface area contributed by atoms with E-state index < -0.39 is 0 Å². The molecule has 0 saturated heterocycles. The fraction of sp³-hybridized carbons (Fsp3) is 0.483. The van der Waals surface area contributed by atoms with Crippen LogP contribution in [0, 0.1) is 0 Å². The summed E-state index contributed by atoms with van der Waals surface area (Å²) in [6, 6.07) is 8.12. The zero-order valence-corrected chi connectivity index (χ0v) is 21.7. The van der Waals surface area contributed by atoms with E-state index in [4.69, 9.17) is 9.47 Å². The van der Waals surface area contributed by atoms with Crippen molar-refractivity contribution in [3.8, 4) is 17.2 Å². The maximum atomic E-state index is 13.3. The lowest BCUT2D eigenvalue weighted by Gasteiger charge is -2.36. The molecule has 2 aromatic rings. The van der Waals surface area contributed by atoms with Gasteiger partial charge < -0.3 is 19.9 Å². The second-order valence-corrected chi connectivity index (χ2v) is 11.5. The predicted molar refractivity (Wildman–Crippen MR) is 136 cm³/mol. The van der Waals surface area contributed by atoms with Crippen LogP contribution in [-0.2, 0) is 15.6 Å². The molecule has 2 N–H and O–H groups in total. The van der Waals surface area contributed by atoms with Crippen LogP contribution in [0.15, 0.2) is 35.5 Å². The Labute approximate surface area is 203 Å². The molecule has 0 saturated carbocycles. The second kappa shape index (κ2) is 8.37. The lowest BCUT2D eigenvalue weighted by Crippen LogP contribution is -2.28. The molecule has 0 aromatic heterocycles. The van der Waals surface area contributed by atoms with Crippen molar-refractivity contribution < 1.29 is 19.4 Å². The number of aromatic hydroxyl groups is 1. The lowest BCUT2D eigenvalue weighted by molar-refractivity contribution is -0.116. The number of rotatable bonds is 3. The van der Waals surface area contributed by atoms with Crippen LogP contribution in [-0.4, -0.2) is 25.1 Å².